The highest BCUT2D eigenvalue weighted by Gasteiger charge is 2.38. The highest BCUT2D eigenvalue weighted by atomic mass is 16.2. The molecule has 0 radical (unpaired) electrons. The quantitative estimate of drug-likeness (QED) is 0.813. The molecule has 2 saturated heterocycles. The maximum Gasteiger partial charge on any atom is 0.228 e. The standard InChI is InChI=1S/C21H29N3O3/c1-21(2,3)20(27)23-11-9-22(10-12-23)19(26)17-13-18(25)24(15-17)14-16-7-5-4-6-8-16/h4-8,17H,9-15H2,1-3H3. The normalized spacial score (nSPS) is 20.9. The van der Waals surface area contributed by atoms with Crippen molar-refractivity contribution in [2.24, 2.45) is 11.3 Å². The van der Waals surface area contributed by atoms with Crippen LogP contribution in [0.1, 0.15) is 32.8 Å². The Morgan fingerprint density at radius 1 is 1.00 bits per heavy atom. The molecule has 2 heterocycles. The van der Waals surface area contributed by atoms with E-state index in [0.29, 0.717) is 39.3 Å². The minimum Gasteiger partial charge on any atom is -0.339 e. The van der Waals surface area contributed by atoms with Gasteiger partial charge in [0.1, 0.15) is 0 Å². The number of piperazine rings is 1. The van der Waals surface area contributed by atoms with Gasteiger partial charge < -0.3 is 14.7 Å². The van der Waals surface area contributed by atoms with Crippen LogP contribution < -0.4 is 0 Å². The number of benzene rings is 1. The van der Waals surface area contributed by atoms with Crippen LogP contribution in [0.2, 0.25) is 0 Å². The fourth-order valence-corrected chi connectivity index (χ4v) is 3.76. The van der Waals surface area contributed by atoms with Crippen LogP contribution >= 0.6 is 0 Å². The molecule has 0 spiro atoms. The maximum absolute atomic E-state index is 12.9. The first-order valence-corrected chi connectivity index (χ1v) is 9.65. The lowest BCUT2D eigenvalue weighted by Gasteiger charge is -2.38. The zero-order valence-electron chi connectivity index (χ0n) is 16.5. The van der Waals surface area contributed by atoms with Gasteiger partial charge >= 0.3 is 0 Å². The lowest BCUT2D eigenvalue weighted by atomic mass is 9.94. The van der Waals surface area contributed by atoms with Gasteiger partial charge in [0.15, 0.2) is 0 Å². The first-order valence-electron chi connectivity index (χ1n) is 9.65. The fourth-order valence-electron chi connectivity index (χ4n) is 3.76. The van der Waals surface area contributed by atoms with Gasteiger partial charge in [-0.25, -0.2) is 0 Å². The van der Waals surface area contributed by atoms with Gasteiger partial charge in [-0.3, -0.25) is 14.4 Å². The van der Waals surface area contributed by atoms with Crippen molar-refractivity contribution < 1.29 is 14.4 Å². The van der Waals surface area contributed by atoms with Crippen molar-refractivity contribution in [2.75, 3.05) is 32.7 Å². The molecule has 6 heteroatoms. The van der Waals surface area contributed by atoms with Crippen LogP contribution in [0.4, 0.5) is 0 Å². The number of amides is 3. The van der Waals surface area contributed by atoms with Crippen LogP contribution in [0.15, 0.2) is 30.3 Å². The van der Waals surface area contributed by atoms with E-state index in [1.807, 2.05) is 60.9 Å². The Hall–Kier alpha value is -2.37. The third-order valence-electron chi connectivity index (χ3n) is 5.30. The molecule has 27 heavy (non-hydrogen) atoms. The van der Waals surface area contributed by atoms with Gasteiger partial charge in [0.05, 0.1) is 5.92 Å². The topological polar surface area (TPSA) is 60.9 Å². The summed E-state index contributed by atoms with van der Waals surface area (Å²) in [5.41, 5.74) is 0.676. The molecule has 3 amide bonds. The van der Waals surface area contributed by atoms with E-state index < -0.39 is 5.41 Å². The van der Waals surface area contributed by atoms with Crippen molar-refractivity contribution in [2.45, 2.75) is 33.7 Å². The van der Waals surface area contributed by atoms with Crippen LogP contribution in [-0.2, 0) is 20.9 Å². The van der Waals surface area contributed by atoms with Gasteiger partial charge in [-0.05, 0) is 5.56 Å². The molecule has 2 fully saturated rings. The summed E-state index contributed by atoms with van der Waals surface area (Å²) < 4.78 is 0. The molecule has 0 aliphatic carbocycles. The van der Waals surface area contributed by atoms with Crippen LogP contribution in [-0.4, -0.2) is 65.1 Å². The molecule has 1 aromatic carbocycles. The summed E-state index contributed by atoms with van der Waals surface area (Å²) in [5, 5.41) is 0. The largest absolute Gasteiger partial charge is 0.339 e. The second-order valence-corrected chi connectivity index (χ2v) is 8.53. The summed E-state index contributed by atoms with van der Waals surface area (Å²) in [5.74, 6) is -0.0636. The second kappa shape index (κ2) is 7.71. The number of rotatable bonds is 3. The molecule has 3 rings (SSSR count). The van der Waals surface area contributed by atoms with Crippen molar-refractivity contribution in [3.63, 3.8) is 0 Å². The average molecular weight is 371 g/mol. The van der Waals surface area contributed by atoms with Gasteiger partial charge in [-0.1, -0.05) is 51.1 Å². The Kier molecular flexibility index (Phi) is 5.53. The number of likely N-dealkylation sites (tertiary alicyclic amines) is 1. The minimum absolute atomic E-state index is 0.0405. The Morgan fingerprint density at radius 2 is 1.59 bits per heavy atom. The van der Waals surface area contributed by atoms with Crippen LogP contribution in [0.25, 0.3) is 0 Å². The Bertz CT molecular complexity index is 703. The molecular formula is C21H29N3O3. The summed E-state index contributed by atoms with van der Waals surface area (Å²) in [6.07, 6.45) is 0.285. The number of hydrogen-bond donors (Lipinski definition) is 0. The molecule has 0 saturated carbocycles. The molecule has 2 aliphatic heterocycles. The SMILES string of the molecule is CC(C)(C)C(=O)N1CCN(C(=O)C2CC(=O)N(Cc3ccccc3)C2)CC1. The third-order valence-corrected chi connectivity index (χ3v) is 5.30. The van der Waals surface area contributed by atoms with Crippen molar-refractivity contribution in [3.05, 3.63) is 35.9 Å². The molecule has 0 N–H and O–H groups in total. The number of hydrogen-bond acceptors (Lipinski definition) is 3. The second-order valence-electron chi connectivity index (χ2n) is 8.53. The fraction of sp³-hybridized carbons (Fsp3) is 0.571. The lowest BCUT2D eigenvalue weighted by Crippen LogP contribution is -2.54. The van der Waals surface area contributed by atoms with Gasteiger partial charge in [-0.15, -0.1) is 0 Å². The summed E-state index contributed by atoms with van der Waals surface area (Å²) >= 11 is 0. The van der Waals surface area contributed by atoms with Crippen LogP contribution in [0, 0.1) is 11.3 Å². The number of carbonyl (C=O) groups excluding carboxylic acids is 3. The van der Waals surface area contributed by atoms with Gasteiger partial charge in [0.2, 0.25) is 17.7 Å². The van der Waals surface area contributed by atoms with E-state index in [0.717, 1.165) is 5.56 Å². The highest BCUT2D eigenvalue weighted by Crippen LogP contribution is 2.24. The molecule has 146 valence electrons. The smallest absolute Gasteiger partial charge is 0.228 e. The summed E-state index contributed by atoms with van der Waals surface area (Å²) in [7, 11) is 0. The molecule has 2 aliphatic rings. The van der Waals surface area contributed by atoms with E-state index in [4.69, 9.17) is 0 Å². The van der Waals surface area contributed by atoms with Crippen LogP contribution in [0.5, 0.6) is 0 Å². The van der Waals surface area contributed by atoms with E-state index in [-0.39, 0.29) is 30.1 Å². The first-order chi connectivity index (χ1) is 12.8. The predicted octanol–water partition coefficient (Wildman–Crippen LogP) is 1.75. The van der Waals surface area contributed by atoms with E-state index in [2.05, 4.69) is 0 Å². The molecule has 6 nitrogen and oxygen atoms in total. The van der Waals surface area contributed by atoms with Crippen LogP contribution in [0.3, 0.4) is 0 Å². The van der Waals surface area contributed by atoms with Crippen molar-refractivity contribution in [3.8, 4) is 0 Å². The molecule has 1 atom stereocenters. The van der Waals surface area contributed by atoms with Crippen molar-refractivity contribution in [1.29, 1.82) is 0 Å². The van der Waals surface area contributed by atoms with E-state index in [1.54, 1.807) is 4.90 Å². The Labute approximate surface area is 161 Å². The minimum atomic E-state index is -0.401. The number of nitrogens with zero attached hydrogens (tertiary/aromatic N) is 3. The molecule has 1 unspecified atom stereocenters. The lowest BCUT2D eigenvalue weighted by molar-refractivity contribution is -0.146. The van der Waals surface area contributed by atoms with E-state index >= 15 is 0 Å². The summed E-state index contributed by atoms with van der Waals surface area (Å²) in [6, 6.07) is 9.85. The molecule has 0 bridgehead atoms. The molecular weight excluding hydrogens is 342 g/mol. The van der Waals surface area contributed by atoms with Gasteiger partial charge in [0.25, 0.3) is 0 Å². The maximum atomic E-state index is 12.9. The highest BCUT2D eigenvalue weighted by molar-refractivity contribution is 5.89. The Balaban J connectivity index is 1.53. The third kappa shape index (κ3) is 4.49. The molecule has 1 aromatic rings. The summed E-state index contributed by atoms with van der Waals surface area (Å²) in [4.78, 5) is 43.0. The predicted molar refractivity (Wildman–Crippen MR) is 103 cm³/mol. The number of carbonyl (C=O) groups is 3. The zero-order chi connectivity index (χ0) is 19.6. The van der Waals surface area contributed by atoms with Crippen molar-refractivity contribution >= 4 is 17.7 Å². The van der Waals surface area contributed by atoms with Gasteiger partial charge in [-0.2, -0.15) is 0 Å². The van der Waals surface area contributed by atoms with E-state index in [1.165, 1.54) is 0 Å². The molecule has 0 aromatic heterocycles. The monoisotopic (exact) mass is 371 g/mol. The summed E-state index contributed by atoms with van der Waals surface area (Å²) in [6.45, 7) is 9.00. The zero-order valence-corrected chi connectivity index (χ0v) is 16.5. The average Bonchev–Trinajstić information content (AvgIpc) is 3.01. The van der Waals surface area contributed by atoms with Crippen molar-refractivity contribution in [1.82, 2.24) is 14.7 Å². The van der Waals surface area contributed by atoms with Gasteiger partial charge in [0, 0.05) is 51.1 Å². The van der Waals surface area contributed by atoms with E-state index in [9.17, 15) is 14.4 Å². The Morgan fingerprint density at radius 3 is 2.19 bits per heavy atom. The first kappa shape index (κ1) is 19.4.